The summed E-state index contributed by atoms with van der Waals surface area (Å²) in [7, 11) is 0. The summed E-state index contributed by atoms with van der Waals surface area (Å²) >= 11 is 6.07. The highest BCUT2D eigenvalue weighted by Crippen LogP contribution is 2.41. The molecule has 0 saturated heterocycles. The number of hydrogen-bond donors (Lipinski definition) is 0. The predicted octanol–water partition coefficient (Wildman–Crippen LogP) is 3.07. The van der Waals surface area contributed by atoms with Crippen LogP contribution in [0.2, 0.25) is 5.15 Å². The van der Waals surface area contributed by atoms with Gasteiger partial charge >= 0.3 is 0 Å². The van der Waals surface area contributed by atoms with E-state index in [9.17, 15) is 0 Å². The van der Waals surface area contributed by atoms with Gasteiger partial charge in [0.1, 0.15) is 11.8 Å². The molecule has 0 aliphatic heterocycles. The van der Waals surface area contributed by atoms with Gasteiger partial charge in [-0.3, -0.25) is 0 Å². The fraction of sp³-hybridized carbons (Fsp3) is 0.250. The van der Waals surface area contributed by atoms with E-state index in [4.69, 9.17) is 16.0 Å². The maximum atomic E-state index is 6.07. The third kappa shape index (κ3) is 1.37. The van der Waals surface area contributed by atoms with Crippen LogP contribution < -0.4 is 0 Å². The molecule has 5 nitrogen and oxygen atoms in total. The number of hydrogen-bond acceptors (Lipinski definition) is 4. The van der Waals surface area contributed by atoms with Crippen molar-refractivity contribution >= 4 is 22.8 Å². The molecule has 6 heteroatoms. The van der Waals surface area contributed by atoms with Gasteiger partial charge in [-0.1, -0.05) is 11.6 Å². The third-order valence-corrected chi connectivity index (χ3v) is 3.36. The summed E-state index contributed by atoms with van der Waals surface area (Å²) in [6, 6.07) is 4.18. The molecule has 1 saturated carbocycles. The fourth-order valence-corrected chi connectivity index (χ4v) is 2.31. The molecule has 90 valence electrons. The molecule has 0 N–H and O–H groups in total. The van der Waals surface area contributed by atoms with Crippen LogP contribution in [0.25, 0.3) is 22.7 Å². The molecular formula is C12H9ClN4O. The monoisotopic (exact) mass is 260 g/mol. The minimum absolute atomic E-state index is 0.382. The first-order chi connectivity index (χ1) is 8.84. The summed E-state index contributed by atoms with van der Waals surface area (Å²) in [5.41, 5.74) is 1.42. The summed E-state index contributed by atoms with van der Waals surface area (Å²) in [4.78, 5) is 12.8. The van der Waals surface area contributed by atoms with Crippen molar-refractivity contribution in [3.8, 4) is 11.6 Å². The van der Waals surface area contributed by atoms with Gasteiger partial charge < -0.3 is 8.98 Å². The lowest BCUT2D eigenvalue weighted by Gasteiger charge is -2.03. The van der Waals surface area contributed by atoms with Gasteiger partial charge in [0.2, 0.25) is 0 Å². The molecule has 0 aromatic carbocycles. The van der Waals surface area contributed by atoms with E-state index < -0.39 is 0 Å². The molecule has 0 bridgehead atoms. The average molecular weight is 261 g/mol. The summed E-state index contributed by atoms with van der Waals surface area (Å²) in [5.74, 6) is 1.51. The maximum Gasteiger partial charge on any atom is 0.178 e. The summed E-state index contributed by atoms with van der Waals surface area (Å²) in [6.45, 7) is 0. The number of halogens is 1. The van der Waals surface area contributed by atoms with Crippen molar-refractivity contribution in [2.24, 2.45) is 0 Å². The molecular weight excluding hydrogens is 252 g/mol. The number of nitrogens with zero attached hydrogens (tertiary/aromatic N) is 4. The van der Waals surface area contributed by atoms with Crippen molar-refractivity contribution in [1.82, 2.24) is 19.5 Å². The molecule has 0 spiro atoms. The smallest absolute Gasteiger partial charge is 0.178 e. The van der Waals surface area contributed by atoms with Gasteiger partial charge in [0.15, 0.2) is 22.4 Å². The average Bonchev–Trinajstić information content (AvgIpc) is 2.93. The van der Waals surface area contributed by atoms with Gasteiger partial charge in [-0.05, 0) is 25.0 Å². The van der Waals surface area contributed by atoms with Crippen molar-refractivity contribution in [3.63, 3.8) is 0 Å². The highest BCUT2D eigenvalue weighted by Gasteiger charge is 2.30. The Bertz CT molecular complexity index is 715. The van der Waals surface area contributed by atoms with Crippen LogP contribution in [0.15, 0.2) is 29.1 Å². The molecule has 0 unspecified atom stereocenters. The first kappa shape index (κ1) is 10.1. The molecule has 1 aliphatic carbocycles. The van der Waals surface area contributed by atoms with Crippen LogP contribution in [-0.4, -0.2) is 19.5 Å². The lowest BCUT2D eigenvalue weighted by atomic mass is 10.4. The van der Waals surface area contributed by atoms with Crippen molar-refractivity contribution in [3.05, 3.63) is 29.9 Å². The highest BCUT2D eigenvalue weighted by molar-refractivity contribution is 6.33. The van der Waals surface area contributed by atoms with E-state index in [0.29, 0.717) is 16.7 Å². The Kier molecular flexibility index (Phi) is 1.99. The second kappa shape index (κ2) is 3.55. The largest absolute Gasteiger partial charge is 0.461 e. The van der Waals surface area contributed by atoms with Crippen LogP contribution in [0.1, 0.15) is 18.9 Å². The van der Waals surface area contributed by atoms with E-state index in [0.717, 1.165) is 30.1 Å². The standard InChI is InChI=1S/C12H9ClN4O/c13-10-9-12(15-6-14-10)17(7-3-4-7)11(16-9)8-2-1-5-18-8/h1-2,5-7H,3-4H2. The van der Waals surface area contributed by atoms with Crippen LogP contribution in [0.4, 0.5) is 0 Å². The fourth-order valence-electron chi connectivity index (χ4n) is 2.14. The van der Waals surface area contributed by atoms with Gasteiger partial charge in [0.25, 0.3) is 0 Å². The minimum Gasteiger partial charge on any atom is -0.461 e. The molecule has 0 radical (unpaired) electrons. The van der Waals surface area contributed by atoms with Crippen LogP contribution in [0, 0.1) is 0 Å². The number of aromatic nitrogens is 4. The topological polar surface area (TPSA) is 56.7 Å². The van der Waals surface area contributed by atoms with Crippen molar-refractivity contribution in [2.75, 3.05) is 0 Å². The van der Waals surface area contributed by atoms with Gasteiger partial charge in [0, 0.05) is 6.04 Å². The Hall–Kier alpha value is -1.88. The van der Waals surface area contributed by atoms with Crippen molar-refractivity contribution in [2.45, 2.75) is 18.9 Å². The number of fused-ring (bicyclic) bond motifs is 1. The van der Waals surface area contributed by atoms with E-state index >= 15 is 0 Å². The van der Waals surface area contributed by atoms with Crippen LogP contribution in [0.3, 0.4) is 0 Å². The molecule has 4 rings (SSSR count). The Morgan fingerprint density at radius 1 is 1.33 bits per heavy atom. The SMILES string of the molecule is Clc1ncnc2c1nc(-c1ccco1)n2C1CC1. The number of rotatable bonds is 2. The van der Waals surface area contributed by atoms with Crippen molar-refractivity contribution < 1.29 is 4.42 Å². The number of furan rings is 1. The Labute approximate surface area is 107 Å². The van der Waals surface area contributed by atoms with Crippen LogP contribution >= 0.6 is 11.6 Å². The molecule has 0 amide bonds. The van der Waals surface area contributed by atoms with Crippen LogP contribution in [0.5, 0.6) is 0 Å². The second-order valence-electron chi connectivity index (χ2n) is 4.35. The molecule has 0 atom stereocenters. The molecule has 1 aliphatic rings. The van der Waals surface area contributed by atoms with Gasteiger partial charge in [0.05, 0.1) is 6.26 Å². The van der Waals surface area contributed by atoms with Crippen LogP contribution in [-0.2, 0) is 0 Å². The third-order valence-electron chi connectivity index (χ3n) is 3.09. The second-order valence-corrected chi connectivity index (χ2v) is 4.71. The number of imidazole rings is 1. The van der Waals surface area contributed by atoms with Crippen molar-refractivity contribution in [1.29, 1.82) is 0 Å². The van der Waals surface area contributed by atoms with E-state index in [1.165, 1.54) is 6.33 Å². The summed E-state index contributed by atoms with van der Waals surface area (Å²) in [5, 5.41) is 0.382. The summed E-state index contributed by atoms with van der Waals surface area (Å²) in [6.07, 6.45) is 5.39. The predicted molar refractivity (Wildman–Crippen MR) is 66.3 cm³/mol. The zero-order valence-electron chi connectivity index (χ0n) is 9.38. The quantitative estimate of drug-likeness (QED) is 0.665. The first-order valence-electron chi connectivity index (χ1n) is 5.77. The lowest BCUT2D eigenvalue weighted by Crippen LogP contribution is -1.98. The Balaban J connectivity index is 2.07. The van der Waals surface area contributed by atoms with E-state index in [-0.39, 0.29) is 0 Å². The lowest BCUT2D eigenvalue weighted by molar-refractivity contribution is 0.570. The summed E-state index contributed by atoms with van der Waals surface area (Å²) < 4.78 is 7.53. The minimum atomic E-state index is 0.382. The maximum absolute atomic E-state index is 6.07. The highest BCUT2D eigenvalue weighted by atomic mass is 35.5. The molecule has 3 heterocycles. The zero-order chi connectivity index (χ0) is 12.1. The Morgan fingerprint density at radius 2 is 2.22 bits per heavy atom. The molecule has 3 aromatic heterocycles. The first-order valence-corrected chi connectivity index (χ1v) is 6.14. The molecule has 18 heavy (non-hydrogen) atoms. The van der Waals surface area contributed by atoms with Gasteiger partial charge in [-0.15, -0.1) is 0 Å². The Morgan fingerprint density at radius 3 is 2.94 bits per heavy atom. The van der Waals surface area contributed by atoms with Gasteiger partial charge in [-0.2, -0.15) is 0 Å². The van der Waals surface area contributed by atoms with E-state index in [1.54, 1.807) is 6.26 Å². The molecule has 1 fully saturated rings. The van der Waals surface area contributed by atoms with Gasteiger partial charge in [-0.25, -0.2) is 15.0 Å². The van der Waals surface area contributed by atoms with E-state index in [2.05, 4.69) is 19.5 Å². The van der Waals surface area contributed by atoms with E-state index in [1.807, 2.05) is 12.1 Å². The normalized spacial score (nSPS) is 15.4. The molecule has 3 aromatic rings. The zero-order valence-corrected chi connectivity index (χ0v) is 10.1.